The molecule has 2 aliphatic rings. The van der Waals surface area contributed by atoms with Gasteiger partial charge < -0.3 is 19.4 Å². The largest absolute Gasteiger partial charge is 0.437 e. The summed E-state index contributed by atoms with van der Waals surface area (Å²) in [6.45, 7) is 7.24. The van der Waals surface area contributed by atoms with E-state index in [-0.39, 0.29) is 11.8 Å². The molecule has 0 spiro atoms. The van der Waals surface area contributed by atoms with E-state index >= 15 is 0 Å². The summed E-state index contributed by atoms with van der Waals surface area (Å²) in [7, 11) is 2.13. The molecule has 0 bridgehead atoms. The number of aryl methyl sites for hydroxylation is 1. The zero-order chi connectivity index (χ0) is 24.2. The van der Waals surface area contributed by atoms with Gasteiger partial charge in [-0.2, -0.15) is 0 Å². The summed E-state index contributed by atoms with van der Waals surface area (Å²) in [5.41, 5.74) is 2.68. The highest BCUT2D eigenvalue weighted by Gasteiger charge is 2.27. The summed E-state index contributed by atoms with van der Waals surface area (Å²) in [4.78, 5) is 33.5. The van der Waals surface area contributed by atoms with Gasteiger partial charge in [0.05, 0.1) is 11.9 Å². The van der Waals surface area contributed by atoms with E-state index in [4.69, 9.17) is 9.72 Å². The van der Waals surface area contributed by atoms with E-state index < -0.39 is 0 Å². The Morgan fingerprint density at radius 1 is 1.06 bits per heavy atom. The van der Waals surface area contributed by atoms with Gasteiger partial charge in [0.1, 0.15) is 11.6 Å². The number of amides is 1. The highest BCUT2D eigenvalue weighted by atomic mass is 16.5. The number of piperidine rings is 1. The maximum absolute atomic E-state index is 13.4. The molecule has 1 unspecified atom stereocenters. The lowest BCUT2D eigenvalue weighted by molar-refractivity contribution is 0.0705. The zero-order valence-corrected chi connectivity index (χ0v) is 20.4. The van der Waals surface area contributed by atoms with Crippen molar-refractivity contribution in [2.75, 3.05) is 51.2 Å². The van der Waals surface area contributed by atoms with E-state index in [1.165, 1.54) is 0 Å². The van der Waals surface area contributed by atoms with Crippen molar-refractivity contribution in [3.05, 3.63) is 71.8 Å². The van der Waals surface area contributed by atoms with E-state index in [9.17, 15) is 4.79 Å². The fourth-order valence-corrected chi connectivity index (χ4v) is 4.75. The van der Waals surface area contributed by atoms with Crippen molar-refractivity contribution in [1.82, 2.24) is 24.8 Å². The number of anilines is 1. The molecule has 1 atom stereocenters. The maximum atomic E-state index is 13.4. The smallest absolute Gasteiger partial charge is 0.254 e. The van der Waals surface area contributed by atoms with Crippen molar-refractivity contribution in [3.63, 3.8) is 0 Å². The molecule has 2 fully saturated rings. The second-order valence-electron chi connectivity index (χ2n) is 9.48. The molecule has 4 heterocycles. The Morgan fingerprint density at radius 2 is 1.91 bits per heavy atom. The fourth-order valence-electron chi connectivity index (χ4n) is 4.75. The number of benzene rings is 1. The molecule has 1 amide bonds. The first-order chi connectivity index (χ1) is 17.0. The van der Waals surface area contributed by atoms with Crippen LogP contribution in [-0.2, 0) is 0 Å². The van der Waals surface area contributed by atoms with Crippen LogP contribution in [0.5, 0.6) is 11.6 Å². The normalized spacial score (nSPS) is 19.0. The molecule has 35 heavy (non-hydrogen) atoms. The maximum Gasteiger partial charge on any atom is 0.254 e. The van der Waals surface area contributed by atoms with Crippen LogP contribution in [0.3, 0.4) is 0 Å². The highest BCUT2D eigenvalue weighted by Crippen LogP contribution is 2.29. The number of hydrogen-bond acceptors (Lipinski definition) is 7. The minimum absolute atomic E-state index is 0.0487. The van der Waals surface area contributed by atoms with Crippen LogP contribution >= 0.6 is 0 Å². The second-order valence-corrected chi connectivity index (χ2v) is 9.48. The van der Waals surface area contributed by atoms with Crippen molar-refractivity contribution < 1.29 is 9.53 Å². The first-order valence-corrected chi connectivity index (χ1v) is 12.3. The average molecular weight is 473 g/mol. The number of carbonyl (C=O) groups excluding carboxylic acids is 1. The minimum atomic E-state index is 0.0487. The van der Waals surface area contributed by atoms with Gasteiger partial charge in [-0.15, -0.1) is 0 Å². The number of aromatic nitrogens is 3. The number of hydrogen-bond donors (Lipinski definition) is 0. The van der Waals surface area contributed by atoms with Gasteiger partial charge in [-0.1, -0.05) is 12.1 Å². The first-order valence-electron chi connectivity index (χ1n) is 12.3. The van der Waals surface area contributed by atoms with Crippen molar-refractivity contribution in [3.8, 4) is 11.6 Å². The van der Waals surface area contributed by atoms with E-state index in [0.717, 1.165) is 68.4 Å². The molecule has 0 aliphatic carbocycles. The van der Waals surface area contributed by atoms with Gasteiger partial charge in [0, 0.05) is 63.1 Å². The Labute approximate surface area is 206 Å². The minimum Gasteiger partial charge on any atom is -0.437 e. The molecular formula is C27H32N6O2. The van der Waals surface area contributed by atoms with Crippen LogP contribution < -0.4 is 9.64 Å². The number of pyridine rings is 1. The van der Waals surface area contributed by atoms with Crippen LogP contribution in [0.15, 0.2) is 55.0 Å². The van der Waals surface area contributed by atoms with E-state index in [2.05, 4.69) is 26.8 Å². The zero-order valence-electron chi connectivity index (χ0n) is 20.4. The Bertz CT molecular complexity index is 1180. The van der Waals surface area contributed by atoms with E-state index in [1.54, 1.807) is 18.6 Å². The molecule has 1 aromatic carbocycles. The summed E-state index contributed by atoms with van der Waals surface area (Å²) in [6, 6.07) is 11.6. The van der Waals surface area contributed by atoms with Crippen LogP contribution in [0.2, 0.25) is 0 Å². The number of likely N-dealkylation sites (tertiary alicyclic amines) is 1. The highest BCUT2D eigenvalue weighted by molar-refractivity contribution is 5.95. The number of nitrogens with zero attached hydrogens (tertiary/aromatic N) is 6. The van der Waals surface area contributed by atoms with Crippen molar-refractivity contribution in [2.24, 2.45) is 0 Å². The SMILES string of the molecule is Cc1cccc(Oc2cncc(C3CCCN(C(=O)c4ccnc(N5CCN(C)CC5)c4)C3)n2)c1. The molecule has 3 aromatic rings. The van der Waals surface area contributed by atoms with Gasteiger partial charge in [-0.05, 0) is 56.6 Å². The first kappa shape index (κ1) is 23.2. The monoisotopic (exact) mass is 472 g/mol. The van der Waals surface area contributed by atoms with Crippen LogP contribution in [0.25, 0.3) is 0 Å². The van der Waals surface area contributed by atoms with Gasteiger partial charge in [-0.25, -0.2) is 9.97 Å². The third-order valence-electron chi connectivity index (χ3n) is 6.79. The number of likely N-dealkylation sites (N-methyl/N-ethyl adjacent to an activating group) is 1. The van der Waals surface area contributed by atoms with Gasteiger partial charge in [0.2, 0.25) is 5.88 Å². The summed E-state index contributed by atoms with van der Waals surface area (Å²) in [5, 5.41) is 0. The molecule has 2 saturated heterocycles. The van der Waals surface area contributed by atoms with Crippen LogP contribution in [-0.4, -0.2) is 77.0 Å². The van der Waals surface area contributed by atoms with Crippen molar-refractivity contribution >= 4 is 11.7 Å². The molecule has 182 valence electrons. The molecule has 5 rings (SSSR count). The lowest BCUT2D eigenvalue weighted by Gasteiger charge is -2.34. The standard InChI is InChI=1S/C27H32N6O2/c1-20-5-3-7-23(15-20)35-26-18-28-17-24(30-26)22-6-4-10-33(19-22)27(34)21-8-9-29-25(16-21)32-13-11-31(2)12-14-32/h3,5,7-9,15-18,22H,4,6,10-14,19H2,1-2H3. The van der Waals surface area contributed by atoms with Gasteiger partial charge in [0.25, 0.3) is 5.91 Å². The number of rotatable bonds is 5. The third kappa shape index (κ3) is 5.59. The lowest BCUT2D eigenvalue weighted by atomic mass is 9.94. The Hall–Kier alpha value is -3.52. The molecular weight excluding hydrogens is 440 g/mol. The number of piperazine rings is 1. The van der Waals surface area contributed by atoms with Crippen LogP contribution in [0, 0.1) is 6.92 Å². The van der Waals surface area contributed by atoms with Gasteiger partial charge in [0.15, 0.2) is 0 Å². The number of carbonyl (C=O) groups is 1. The summed E-state index contributed by atoms with van der Waals surface area (Å²) in [5.74, 6) is 2.27. The van der Waals surface area contributed by atoms with Crippen molar-refractivity contribution in [2.45, 2.75) is 25.7 Å². The molecule has 2 aromatic heterocycles. The van der Waals surface area contributed by atoms with Crippen molar-refractivity contribution in [1.29, 1.82) is 0 Å². The predicted molar refractivity (Wildman–Crippen MR) is 135 cm³/mol. The van der Waals surface area contributed by atoms with E-state index in [1.807, 2.05) is 48.2 Å². The van der Waals surface area contributed by atoms with Crippen LogP contribution in [0.1, 0.15) is 40.4 Å². The summed E-state index contributed by atoms with van der Waals surface area (Å²) >= 11 is 0. The molecule has 0 N–H and O–H groups in total. The Morgan fingerprint density at radius 3 is 2.74 bits per heavy atom. The molecule has 2 aliphatic heterocycles. The molecule has 8 nitrogen and oxygen atoms in total. The second kappa shape index (κ2) is 10.4. The topological polar surface area (TPSA) is 74.7 Å². The fraction of sp³-hybridized carbons (Fsp3) is 0.407. The van der Waals surface area contributed by atoms with Gasteiger partial charge in [-0.3, -0.25) is 9.78 Å². The summed E-state index contributed by atoms with van der Waals surface area (Å²) in [6.07, 6.45) is 7.07. The molecule has 0 radical (unpaired) electrons. The Balaban J connectivity index is 1.27. The molecule has 8 heteroatoms. The average Bonchev–Trinajstić information content (AvgIpc) is 2.89. The van der Waals surface area contributed by atoms with E-state index in [0.29, 0.717) is 18.0 Å². The van der Waals surface area contributed by atoms with Gasteiger partial charge >= 0.3 is 0 Å². The quantitative estimate of drug-likeness (QED) is 0.560. The summed E-state index contributed by atoms with van der Waals surface area (Å²) < 4.78 is 5.94. The predicted octanol–water partition coefficient (Wildman–Crippen LogP) is 3.74. The van der Waals surface area contributed by atoms with Crippen LogP contribution in [0.4, 0.5) is 5.82 Å². The Kier molecular flexibility index (Phi) is 6.90. The molecule has 0 saturated carbocycles. The third-order valence-corrected chi connectivity index (χ3v) is 6.79. The lowest BCUT2D eigenvalue weighted by Crippen LogP contribution is -2.45. The number of ether oxygens (including phenoxy) is 1.